The summed E-state index contributed by atoms with van der Waals surface area (Å²) in [4.78, 5) is 11.6. The monoisotopic (exact) mass is 240 g/mol. The zero-order valence-electron chi connectivity index (χ0n) is 8.54. The van der Waals surface area contributed by atoms with Gasteiger partial charge in [0.15, 0.2) is 23.2 Å². The topological polar surface area (TPSA) is 30.2 Å². The van der Waals surface area contributed by atoms with Gasteiger partial charge in [0.1, 0.15) is 0 Å². The third-order valence-corrected chi connectivity index (χ3v) is 2.25. The highest BCUT2D eigenvalue weighted by atomic mass is 19.2. The Hall–Kier alpha value is -2.04. The molecule has 1 aromatic heterocycles. The van der Waals surface area contributed by atoms with Crippen LogP contribution in [-0.2, 0) is 6.42 Å². The van der Waals surface area contributed by atoms with Crippen LogP contribution in [0.5, 0.6) is 0 Å². The van der Waals surface area contributed by atoms with E-state index in [0.29, 0.717) is 17.7 Å². The first-order valence-electron chi connectivity index (χ1n) is 4.76. The lowest BCUT2D eigenvalue weighted by molar-refractivity contribution is 0.0991. The van der Waals surface area contributed by atoms with Crippen LogP contribution < -0.4 is 0 Å². The molecular formula is C12H7F3O2. The van der Waals surface area contributed by atoms with E-state index in [1.165, 1.54) is 12.5 Å². The number of carbonyl (C=O) groups is 1. The van der Waals surface area contributed by atoms with Gasteiger partial charge in [-0.25, -0.2) is 13.2 Å². The second-order valence-electron chi connectivity index (χ2n) is 3.49. The van der Waals surface area contributed by atoms with Gasteiger partial charge in [0, 0.05) is 12.0 Å². The highest BCUT2D eigenvalue weighted by Gasteiger charge is 2.15. The molecule has 0 fully saturated rings. The van der Waals surface area contributed by atoms with Crippen molar-refractivity contribution in [2.45, 2.75) is 6.42 Å². The maximum atomic E-state index is 12.9. The molecule has 0 spiro atoms. The fourth-order valence-electron chi connectivity index (χ4n) is 1.40. The second-order valence-corrected chi connectivity index (χ2v) is 3.49. The van der Waals surface area contributed by atoms with E-state index in [4.69, 9.17) is 4.42 Å². The van der Waals surface area contributed by atoms with E-state index in [0.717, 1.165) is 0 Å². The standard InChI is InChI=1S/C12H7F3O2/c13-9-4-8(5-10(14)12(9)15)11(16)3-7-1-2-17-6-7/h1-2,4-6H,3H2. The van der Waals surface area contributed by atoms with Gasteiger partial charge in [-0.3, -0.25) is 4.79 Å². The summed E-state index contributed by atoms with van der Waals surface area (Å²) in [6.45, 7) is 0. The Kier molecular flexibility index (Phi) is 2.99. The smallest absolute Gasteiger partial charge is 0.194 e. The van der Waals surface area contributed by atoms with E-state index in [-0.39, 0.29) is 12.0 Å². The number of halogens is 3. The van der Waals surface area contributed by atoms with Gasteiger partial charge in [0.2, 0.25) is 0 Å². The minimum atomic E-state index is -1.58. The molecule has 0 aliphatic carbocycles. The molecule has 1 aromatic carbocycles. The van der Waals surface area contributed by atoms with Gasteiger partial charge >= 0.3 is 0 Å². The fraction of sp³-hybridized carbons (Fsp3) is 0.0833. The molecule has 2 nitrogen and oxygen atoms in total. The van der Waals surface area contributed by atoms with E-state index in [1.54, 1.807) is 6.07 Å². The number of hydrogen-bond donors (Lipinski definition) is 0. The Morgan fingerprint density at radius 1 is 1.18 bits per heavy atom. The van der Waals surface area contributed by atoms with Gasteiger partial charge in [0.25, 0.3) is 0 Å². The van der Waals surface area contributed by atoms with Crippen molar-refractivity contribution in [2.75, 3.05) is 0 Å². The molecule has 0 aliphatic rings. The Morgan fingerprint density at radius 2 is 1.82 bits per heavy atom. The van der Waals surface area contributed by atoms with Crippen LogP contribution in [-0.4, -0.2) is 5.78 Å². The zero-order valence-corrected chi connectivity index (χ0v) is 8.54. The number of carbonyl (C=O) groups excluding carboxylic acids is 1. The van der Waals surface area contributed by atoms with Crippen LogP contribution in [0.1, 0.15) is 15.9 Å². The van der Waals surface area contributed by atoms with Crippen LogP contribution in [0.15, 0.2) is 35.1 Å². The number of hydrogen-bond acceptors (Lipinski definition) is 2. The third kappa shape index (κ3) is 2.38. The van der Waals surface area contributed by atoms with Gasteiger partial charge in [0.05, 0.1) is 12.5 Å². The van der Waals surface area contributed by atoms with Crippen molar-refractivity contribution in [1.29, 1.82) is 0 Å². The van der Waals surface area contributed by atoms with Gasteiger partial charge in [-0.15, -0.1) is 0 Å². The minimum absolute atomic E-state index is 0.0546. The van der Waals surface area contributed by atoms with E-state index < -0.39 is 23.2 Å². The maximum Gasteiger partial charge on any atom is 0.194 e. The lowest BCUT2D eigenvalue weighted by Gasteiger charge is -2.01. The van der Waals surface area contributed by atoms with Crippen LogP contribution in [0.25, 0.3) is 0 Å². The van der Waals surface area contributed by atoms with Crippen LogP contribution >= 0.6 is 0 Å². The first kappa shape index (κ1) is 11.4. The molecule has 2 aromatic rings. The van der Waals surface area contributed by atoms with Gasteiger partial charge in [-0.2, -0.15) is 0 Å². The van der Waals surface area contributed by atoms with Crippen molar-refractivity contribution in [3.8, 4) is 0 Å². The molecule has 17 heavy (non-hydrogen) atoms. The molecule has 0 radical (unpaired) electrons. The summed E-state index contributed by atoms with van der Waals surface area (Å²) < 4.78 is 43.2. The maximum absolute atomic E-state index is 12.9. The van der Waals surface area contributed by atoms with Crippen LogP contribution in [0.4, 0.5) is 13.2 Å². The molecule has 0 aliphatic heterocycles. The van der Waals surface area contributed by atoms with Crippen LogP contribution in [0.3, 0.4) is 0 Å². The van der Waals surface area contributed by atoms with E-state index in [1.807, 2.05) is 0 Å². The summed E-state index contributed by atoms with van der Waals surface area (Å²) >= 11 is 0. The molecule has 1 heterocycles. The summed E-state index contributed by atoms with van der Waals surface area (Å²) in [5, 5.41) is 0. The van der Waals surface area contributed by atoms with Crippen molar-refractivity contribution in [1.82, 2.24) is 0 Å². The fourth-order valence-corrected chi connectivity index (χ4v) is 1.40. The summed E-state index contributed by atoms with van der Waals surface area (Å²) in [6, 6.07) is 2.93. The Bertz CT molecular complexity index is 524. The Morgan fingerprint density at radius 3 is 2.35 bits per heavy atom. The van der Waals surface area contributed by atoms with Crippen molar-refractivity contribution >= 4 is 5.78 Å². The van der Waals surface area contributed by atoms with Gasteiger partial charge in [-0.05, 0) is 23.8 Å². The number of ketones is 1. The number of furan rings is 1. The lowest BCUT2D eigenvalue weighted by Crippen LogP contribution is -2.05. The van der Waals surface area contributed by atoms with Crippen molar-refractivity contribution in [3.63, 3.8) is 0 Å². The quantitative estimate of drug-likeness (QED) is 0.609. The minimum Gasteiger partial charge on any atom is -0.472 e. The van der Waals surface area contributed by atoms with Gasteiger partial charge in [-0.1, -0.05) is 0 Å². The highest BCUT2D eigenvalue weighted by molar-refractivity contribution is 5.97. The predicted octanol–water partition coefficient (Wildman–Crippen LogP) is 3.12. The van der Waals surface area contributed by atoms with Crippen molar-refractivity contribution in [3.05, 3.63) is 59.3 Å². The summed E-state index contributed by atoms with van der Waals surface area (Å²) in [7, 11) is 0. The summed E-state index contributed by atoms with van der Waals surface area (Å²) in [5.41, 5.74) is 0.378. The number of Topliss-reactive ketones (excluding diaryl/α,β-unsaturated/α-hetero) is 1. The Balaban J connectivity index is 2.26. The Labute approximate surface area is 94.7 Å². The molecule has 0 amide bonds. The molecule has 88 valence electrons. The molecule has 0 saturated carbocycles. The van der Waals surface area contributed by atoms with E-state index in [2.05, 4.69) is 0 Å². The van der Waals surface area contributed by atoms with Crippen LogP contribution in [0.2, 0.25) is 0 Å². The number of benzene rings is 1. The van der Waals surface area contributed by atoms with Crippen molar-refractivity contribution in [2.24, 2.45) is 0 Å². The predicted molar refractivity (Wildman–Crippen MR) is 53.1 cm³/mol. The normalized spacial score (nSPS) is 10.5. The first-order chi connectivity index (χ1) is 8.08. The van der Waals surface area contributed by atoms with Crippen LogP contribution in [0, 0.1) is 17.5 Å². The van der Waals surface area contributed by atoms with E-state index in [9.17, 15) is 18.0 Å². The number of rotatable bonds is 3. The summed E-state index contributed by atoms with van der Waals surface area (Å²) in [5.74, 6) is -4.84. The SMILES string of the molecule is O=C(Cc1ccoc1)c1cc(F)c(F)c(F)c1. The molecule has 0 N–H and O–H groups in total. The molecule has 2 rings (SSSR count). The average Bonchev–Trinajstić information content (AvgIpc) is 2.77. The second kappa shape index (κ2) is 4.45. The summed E-state index contributed by atoms with van der Waals surface area (Å²) in [6.07, 6.45) is 2.68. The molecule has 0 atom stereocenters. The van der Waals surface area contributed by atoms with Gasteiger partial charge < -0.3 is 4.42 Å². The molecule has 0 saturated heterocycles. The highest BCUT2D eigenvalue weighted by Crippen LogP contribution is 2.15. The largest absolute Gasteiger partial charge is 0.472 e. The molecule has 0 bridgehead atoms. The molecule has 5 heteroatoms. The zero-order chi connectivity index (χ0) is 12.4. The first-order valence-corrected chi connectivity index (χ1v) is 4.76. The molecular weight excluding hydrogens is 233 g/mol. The lowest BCUT2D eigenvalue weighted by atomic mass is 10.0. The molecule has 0 unspecified atom stereocenters. The average molecular weight is 240 g/mol. The van der Waals surface area contributed by atoms with E-state index >= 15 is 0 Å². The third-order valence-electron chi connectivity index (χ3n) is 2.25. The van der Waals surface area contributed by atoms with Crippen molar-refractivity contribution < 1.29 is 22.4 Å².